The van der Waals surface area contributed by atoms with E-state index >= 15 is 0 Å². The first kappa shape index (κ1) is 14.1. The minimum Gasteiger partial charge on any atom is -0.385 e. The van der Waals surface area contributed by atoms with Crippen molar-refractivity contribution in [2.24, 2.45) is 0 Å². The predicted molar refractivity (Wildman–Crippen MR) is 67.5 cm³/mol. The summed E-state index contributed by atoms with van der Waals surface area (Å²) in [6.45, 7) is 2.41. The highest BCUT2D eigenvalue weighted by Crippen LogP contribution is 2.18. The van der Waals surface area contributed by atoms with Gasteiger partial charge in [0.2, 0.25) is 0 Å². The number of carbonyl (C=O) groups is 1. The molecule has 0 spiro atoms. The molecule has 0 aliphatic rings. The summed E-state index contributed by atoms with van der Waals surface area (Å²) in [5.41, 5.74) is 0.0450. The lowest BCUT2D eigenvalue weighted by Gasteiger charge is -2.13. The summed E-state index contributed by atoms with van der Waals surface area (Å²) in [5.74, 6) is -0.948. The Morgan fingerprint density at radius 3 is 2.94 bits per heavy atom. The van der Waals surface area contributed by atoms with Crippen LogP contribution in [0.1, 0.15) is 23.7 Å². The molecule has 1 amide bonds. The second kappa shape index (κ2) is 6.71. The normalized spacial score (nSPS) is 12.2. The van der Waals surface area contributed by atoms with Crippen LogP contribution in [-0.2, 0) is 4.74 Å². The summed E-state index contributed by atoms with van der Waals surface area (Å²) in [5, 5.41) is 2.72. The average molecular weight is 304 g/mol. The third-order valence-electron chi connectivity index (χ3n) is 2.33. The minimum atomic E-state index is -0.538. The van der Waals surface area contributed by atoms with Crippen molar-refractivity contribution < 1.29 is 13.9 Å². The van der Waals surface area contributed by atoms with Crippen molar-refractivity contribution in [3.8, 4) is 0 Å². The Morgan fingerprint density at radius 2 is 2.29 bits per heavy atom. The second-order valence-electron chi connectivity index (χ2n) is 3.76. The third-order valence-corrected chi connectivity index (χ3v) is 2.94. The summed E-state index contributed by atoms with van der Waals surface area (Å²) < 4.78 is 18.8. The first-order chi connectivity index (χ1) is 8.06. The Kier molecular flexibility index (Phi) is 5.58. The molecule has 1 rings (SSSR count). The molecule has 0 bridgehead atoms. The van der Waals surface area contributed by atoms with E-state index in [4.69, 9.17) is 4.74 Å². The van der Waals surface area contributed by atoms with Crippen LogP contribution < -0.4 is 5.32 Å². The maximum atomic E-state index is 13.6. The smallest absolute Gasteiger partial charge is 0.254 e. The zero-order chi connectivity index (χ0) is 12.8. The van der Waals surface area contributed by atoms with Gasteiger partial charge in [-0.15, -0.1) is 0 Å². The van der Waals surface area contributed by atoms with Crippen LogP contribution in [-0.4, -0.2) is 25.7 Å². The Morgan fingerprint density at radius 1 is 1.59 bits per heavy atom. The maximum Gasteiger partial charge on any atom is 0.254 e. The van der Waals surface area contributed by atoms with Crippen molar-refractivity contribution in [2.45, 2.75) is 19.4 Å². The molecule has 1 atom stereocenters. The van der Waals surface area contributed by atoms with Crippen LogP contribution in [0.15, 0.2) is 22.7 Å². The molecule has 0 heterocycles. The largest absolute Gasteiger partial charge is 0.385 e. The summed E-state index contributed by atoms with van der Waals surface area (Å²) in [7, 11) is 1.60. The second-order valence-corrected chi connectivity index (χ2v) is 4.61. The van der Waals surface area contributed by atoms with E-state index in [2.05, 4.69) is 21.2 Å². The number of nitrogens with one attached hydrogen (secondary N) is 1. The first-order valence-electron chi connectivity index (χ1n) is 5.30. The number of methoxy groups -OCH3 is 1. The number of amides is 1. The lowest BCUT2D eigenvalue weighted by Crippen LogP contribution is -2.33. The van der Waals surface area contributed by atoms with Gasteiger partial charge in [-0.2, -0.15) is 0 Å². The zero-order valence-corrected chi connectivity index (χ0v) is 11.4. The van der Waals surface area contributed by atoms with E-state index in [9.17, 15) is 9.18 Å². The molecule has 94 valence electrons. The van der Waals surface area contributed by atoms with Gasteiger partial charge in [0.15, 0.2) is 0 Å². The van der Waals surface area contributed by atoms with Gasteiger partial charge >= 0.3 is 0 Å². The summed E-state index contributed by atoms with van der Waals surface area (Å²) in [4.78, 5) is 11.8. The van der Waals surface area contributed by atoms with Crippen LogP contribution in [0.3, 0.4) is 0 Å². The number of benzene rings is 1. The van der Waals surface area contributed by atoms with Gasteiger partial charge in [-0.1, -0.05) is 6.07 Å². The number of ether oxygens (including phenoxy) is 1. The summed E-state index contributed by atoms with van der Waals surface area (Å²) in [6, 6.07) is 4.58. The van der Waals surface area contributed by atoms with E-state index in [0.717, 1.165) is 0 Å². The van der Waals surface area contributed by atoms with Crippen molar-refractivity contribution in [1.29, 1.82) is 0 Å². The monoisotopic (exact) mass is 303 g/mol. The molecule has 1 N–H and O–H groups in total. The van der Waals surface area contributed by atoms with Crippen LogP contribution >= 0.6 is 15.9 Å². The summed E-state index contributed by atoms with van der Waals surface area (Å²) >= 11 is 3.05. The van der Waals surface area contributed by atoms with Gasteiger partial charge in [0.1, 0.15) is 5.82 Å². The van der Waals surface area contributed by atoms with Crippen molar-refractivity contribution in [3.05, 3.63) is 34.1 Å². The molecular weight excluding hydrogens is 289 g/mol. The number of halogens is 2. The number of hydrogen-bond donors (Lipinski definition) is 1. The molecule has 0 saturated carbocycles. The Hall–Kier alpha value is -0.940. The van der Waals surface area contributed by atoms with E-state index in [1.165, 1.54) is 6.07 Å². The fraction of sp³-hybridized carbons (Fsp3) is 0.417. The zero-order valence-electron chi connectivity index (χ0n) is 9.80. The van der Waals surface area contributed by atoms with Gasteiger partial charge in [-0.25, -0.2) is 4.39 Å². The molecule has 5 heteroatoms. The molecule has 0 saturated heterocycles. The van der Waals surface area contributed by atoms with Crippen LogP contribution in [0.5, 0.6) is 0 Å². The highest BCUT2D eigenvalue weighted by Gasteiger charge is 2.15. The van der Waals surface area contributed by atoms with Gasteiger partial charge in [0, 0.05) is 19.8 Å². The van der Waals surface area contributed by atoms with Gasteiger partial charge in [0.25, 0.3) is 5.91 Å². The first-order valence-corrected chi connectivity index (χ1v) is 6.09. The van der Waals surface area contributed by atoms with Crippen LogP contribution in [0.4, 0.5) is 4.39 Å². The quantitative estimate of drug-likeness (QED) is 0.908. The van der Waals surface area contributed by atoms with Crippen LogP contribution in [0.25, 0.3) is 0 Å². The highest BCUT2D eigenvalue weighted by molar-refractivity contribution is 9.10. The molecule has 0 fully saturated rings. The molecule has 1 unspecified atom stereocenters. The minimum absolute atomic E-state index is 0.0450. The van der Waals surface area contributed by atoms with E-state index in [0.29, 0.717) is 13.0 Å². The van der Waals surface area contributed by atoms with Gasteiger partial charge < -0.3 is 10.1 Å². The molecule has 1 aromatic carbocycles. The molecule has 0 aliphatic heterocycles. The average Bonchev–Trinajstić information content (AvgIpc) is 2.29. The predicted octanol–water partition coefficient (Wildman–Crippen LogP) is 2.74. The molecule has 3 nitrogen and oxygen atoms in total. The fourth-order valence-electron chi connectivity index (χ4n) is 1.35. The number of hydrogen-bond acceptors (Lipinski definition) is 2. The fourth-order valence-corrected chi connectivity index (χ4v) is 1.71. The summed E-state index contributed by atoms with van der Waals surface area (Å²) in [6.07, 6.45) is 0.692. The Bertz CT molecular complexity index is 398. The van der Waals surface area contributed by atoms with E-state index in [1.54, 1.807) is 19.2 Å². The maximum absolute atomic E-state index is 13.6. The molecule has 1 aromatic rings. The highest BCUT2D eigenvalue weighted by atomic mass is 79.9. The van der Waals surface area contributed by atoms with Gasteiger partial charge in [-0.05, 0) is 41.4 Å². The van der Waals surface area contributed by atoms with E-state index in [1.807, 2.05) is 6.92 Å². The number of carbonyl (C=O) groups excluding carboxylic acids is 1. The molecule has 0 aliphatic carbocycles. The molecular formula is C12H15BrFNO2. The lowest BCUT2D eigenvalue weighted by atomic mass is 10.1. The molecule has 0 aromatic heterocycles. The number of rotatable bonds is 5. The van der Waals surface area contributed by atoms with E-state index in [-0.39, 0.29) is 16.1 Å². The van der Waals surface area contributed by atoms with Gasteiger partial charge in [0.05, 0.1) is 10.0 Å². The van der Waals surface area contributed by atoms with Crippen molar-refractivity contribution in [2.75, 3.05) is 13.7 Å². The third kappa shape index (κ3) is 4.09. The molecule has 0 radical (unpaired) electrons. The Balaban J connectivity index is 2.67. The van der Waals surface area contributed by atoms with Crippen molar-refractivity contribution in [3.63, 3.8) is 0 Å². The topological polar surface area (TPSA) is 38.3 Å². The van der Waals surface area contributed by atoms with E-state index < -0.39 is 11.7 Å². The van der Waals surface area contributed by atoms with Gasteiger partial charge in [-0.3, -0.25) is 4.79 Å². The van der Waals surface area contributed by atoms with Crippen LogP contribution in [0.2, 0.25) is 0 Å². The van der Waals surface area contributed by atoms with Crippen molar-refractivity contribution in [1.82, 2.24) is 5.32 Å². The lowest BCUT2D eigenvalue weighted by molar-refractivity contribution is 0.0925. The SMILES string of the molecule is COCCC(C)NC(=O)c1cccc(Br)c1F. The molecule has 17 heavy (non-hydrogen) atoms. The van der Waals surface area contributed by atoms with Crippen molar-refractivity contribution >= 4 is 21.8 Å². The van der Waals surface area contributed by atoms with Crippen LogP contribution in [0, 0.1) is 5.82 Å². The standard InChI is InChI=1S/C12H15BrFNO2/c1-8(6-7-17-2)15-12(16)9-4-3-5-10(13)11(9)14/h3-5,8H,6-7H2,1-2H3,(H,15,16). The Labute approximate surface area is 108 Å².